The highest BCUT2D eigenvalue weighted by molar-refractivity contribution is 7.99. The molecule has 0 unspecified atom stereocenters. The average Bonchev–Trinajstić information content (AvgIpc) is 3.25. The van der Waals surface area contributed by atoms with Gasteiger partial charge < -0.3 is 9.47 Å². The molecule has 0 spiro atoms. The van der Waals surface area contributed by atoms with E-state index in [1.807, 2.05) is 36.4 Å². The van der Waals surface area contributed by atoms with Gasteiger partial charge in [-0.2, -0.15) is 0 Å². The quantitative estimate of drug-likeness (QED) is 0.523. The monoisotopic (exact) mass is 463 g/mol. The molecule has 3 aromatic rings. The Balaban J connectivity index is 1.54. The summed E-state index contributed by atoms with van der Waals surface area (Å²) in [5.74, 6) is 0.290. The number of amides is 1. The molecular weight excluding hydrogens is 442 g/mol. The highest BCUT2D eigenvalue weighted by Gasteiger charge is 2.32. The second-order valence-corrected chi connectivity index (χ2v) is 11.1. The molecule has 6 nitrogen and oxygen atoms in total. The van der Waals surface area contributed by atoms with Crippen LogP contribution < -0.4 is 0 Å². The van der Waals surface area contributed by atoms with Crippen molar-refractivity contribution in [3.05, 3.63) is 59.1 Å². The van der Waals surface area contributed by atoms with Crippen molar-refractivity contribution in [2.45, 2.75) is 24.2 Å². The maximum atomic E-state index is 12.7. The van der Waals surface area contributed by atoms with E-state index >= 15 is 0 Å². The summed E-state index contributed by atoms with van der Waals surface area (Å²) >= 11 is 7.50. The van der Waals surface area contributed by atoms with Crippen LogP contribution in [0, 0.1) is 0 Å². The van der Waals surface area contributed by atoms with Crippen molar-refractivity contribution in [1.82, 2.24) is 14.5 Å². The molecule has 4 rings (SSSR count). The lowest BCUT2D eigenvalue weighted by Gasteiger charge is -2.23. The molecule has 2 aromatic carbocycles. The van der Waals surface area contributed by atoms with E-state index in [2.05, 4.69) is 16.7 Å². The van der Waals surface area contributed by atoms with Crippen LogP contribution in [0.1, 0.15) is 12.0 Å². The molecule has 9 heteroatoms. The first kappa shape index (κ1) is 21.2. The molecule has 158 valence electrons. The van der Waals surface area contributed by atoms with E-state index in [4.69, 9.17) is 16.6 Å². The zero-order valence-corrected chi connectivity index (χ0v) is 18.9. The van der Waals surface area contributed by atoms with Crippen LogP contribution in [0.4, 0.5) is 0 Å². The Labute approximate surface area is 185 Å². The predicted octanol–water partition coefficient (Wildman–Crippen LogP) is 3.48. The number of hydrogen-bond acceptors (Lipinski definition) is 5. The summed E-state index contributed by atoms with van der Waals surface area (Å²) in [5, 5.41) is 1.35. The first-order valence-electron chi connectivity index (χ1n) is 9.61. The number of nitrogens with zero attached hydrogens (tertiary/aromatic N) is 3. The summed E-state index contributed by atoms with van der Waals surface area (Å²) in [6, 6.07) is 15.4. The van der Waals surface area contributed by atoms with Gasteiger partial charge in [-0.15, -0.1) is 0 Å². The molecule has 0 radical (unpaired) electrons. The van der Waals surface area contributed by atoms with Crippen LogP contribution in [-0.4, -0.2) is 59.1 Å². The molecule has 1 aliphatic heterocycles. The van der Waals surface area contributed by atoms with E-state index in [0.29, 0.717) is 18.0 Å². The summed E-state index contributed by atoms with van der Waals surface area (Å²) in [5.41, 5.74) is 2.87. The van der Waals surface area contributed by atoms with Gasteiger partial charge >= 0.3 is 0 Å². The van der Waals surface area contributed by atoms with Crippen molar-refractivity contribution in [2.75, 3.05) is 24.3 Å². The Bertz CT molecular complexity index is 1180. The largest absolute Gasteiger partial charge is 0.341 e. The van der Waals surface area contributed by atoms with E-state index in [9.17, 15) is 13.2 Å². The van der Waals surface area contributed by atoms with Gasteiger partial charge in [0.2, 0.25) is 5.91 Å². The number of sulfone groups is 1. The average molecular weight is 464 g/mol. The van der Waals surface area contributed by atoms with Gasteiger partial charge in [-0.1, -0.05) is 53.7 Å². The van der Waals surface area contributed by atoms with E-state index in [-0.39, 0.29) is 29.2 Å². The minimum atomic E-state index is -3.03. The molecule has 1 aliphatic rings. The van der Waals surface area contributed by atoms with Crippen LogP contribution in [0.5, 0.6) is 0 Å². The van der Waals surface area contributed by atoms with Crippen molar-refractivity contribution in [3.63, 3.8) is 0 Å². The molecule has 0 N–H and O–H groups in total. The van der Waals surface area contributed by atoms with Crippen LogP contribution >= 0.6 is 23.4 Å². The van der Waals surface area contributed by atoms with Crippen LogP contribution in [-0.2, 0) is 21.2 Å². The van der Waals surface area contributed by atoms with Crippen molar-refractivity contribution in [1.29, 1.82) is 0 Å². The SMILES string of the molecule is CN(C(=O)CSc1nc2cc(Cl)ccc2n1Cc1ccccc1)[C@@H]1CCS(=O)(=O)C1. The fourth-order valence-electron chi connectivity index (χ4n) is 3.62. The number of carbonyl (C=O) groups excluding carboxylic acids is 1. The molecule has 1 saturated heterocycles. The molecule has 0 saturated carbocycles. The number of rotatable bonds is 6. The lowest BCUT2D eigenvalue weighted by Crippen LogP contribution is -2.38. The van der Waals surface area contributed by atoms with Crippen molar-refractivity contribution in [2.24, 2.45) is 0 Å². The van der Waals surface area contributed by atoms with Gasteiger partial charge in [0.1, 0.15) is 0 Å². The van der Waals surface area contributed by atoms with Crippen LogP contribution in [0.3, 0.4) is 0 Å². The lowest BCUT2D eigenvalue weighted by molar-refractivity contribution is -0.128. The van der Waals surface area contributed by atoms with Crippen LogP contribution in [0.25, 0.3) is 11.0 Å². The number of hydrogen-bond donors (Lipinski definition) is 0. The minimum absolute atomic E-state index is 0.0466. The standard InChI is InChI=1S/C21H22ClN3O3S2/c1-24(17-9-10-30(27,28)14-17)20(26)13-29-21-23-18-11-16(22)7-8-19(18)25(21)12-15-5-3-2-4-6-15/h2-8,11,17H,9-10,12-14H2,1H3/t17-/m1/s1. The Kier molecular flexibility index (Phi) is 6.09. The first-order chi connectivity index (χ1) is 14.3. The third-order valence-corrected chi connectivity index (χ3v) is 8.28. The zero-order chi connectivity index (χ0) is 21.3. The van der Waals surface area contributed by atoms with Crippen LogP contribution in [0.15, 0.2) is 53.7 Å². The van der Waals surface area contributed by atoms with Gasteiger partial charge in [0, 0.05) is 18.1 Å². The Morgan fingerprint density at radius 2 is 2.03 bits per heavy atom. The van der Waals surface area contributed by atoms with Crippen molar-refractivity contribution in [3.8, 4) is 0 Å². The predicted molar refractivity (Wildman–Crippen MR) is 121 cm³/mol. The summed E-state index contributed by atoms with van der Waals surface area (Å²) in [7, 11) is -1.35. The summed E-state index contributed by atoms with van der Waals surface area (Å²) in [6.45, 7) is 0.631. The molecule has 1 aromatic heterocycles. The van der Waals surface area contributed by atoms with Gasteiger partial charge in [0.25, 0.3) is 0 Å². The smallest absolute Gasteiger partial charge is 0.233 e. The maximum Gasteiger partial charge on any atom is 0.233 e. The number of thioether (sulfide) groups is 1. The van der Waals surface area contributed by atoms with Crippen LogP contribution in [0.2, 0.25) is 5.02 Å². The molecule has 1 atom stereocenters. The number of aromatic nitrogens is 2. The minimum Gasteiger partial charge on any atom is -0.341 e. The van der Waals surface area contributed by atoms with Gasteiger partial charge in [0.15, 0.2) is 15.0 Å². The lowest BCUT2D eigenvalue weighted by atomic mass is 10.2. The first-order valence-corrected chi connectivity index (χ1v) is 12.8. The van der Waals surface area contributed by atoms with E-state index < -0.39 is 9.84 Å². The second-order valence-electron chi connectivity index (χ2n) is 7.45. The number of carbonyl (C=O) groups is 1. The van der Waals surface area contributed by atoms with E-state index in [1.165, 1.54) is 11.8 Å². The topological polar surface area (TPSA) is 72.3 Å². The fraction of sp³-hybridized carbons (Fsp3) is 0.333. The molecule has 1 fully saturated rings. The number of fused-ring (bicyclic) bond motifs is 1. The number of imidazole rings is 1. The third-order valence-electron chi connectivity index (χ3n) is 5.33. The van der Waals surface area contributed by atoms with Gasteiger partial charge in [-0.3, -0.25) is 4.79 Å². The molecule has 0 bridgehead atoms. The molecule has 30 heavy (non-hydrogen) atoms. The van der Waals surface area contributed by atoms with E-state index in [0.717, 1.165) is 21.8 Å². The normalized spacial score (nSPS) is 18.0. The zero-order valence-electron chi connectivity index (χ0n) is 16.5. The second kappa shape index (κ2) is 8.61. The third kappa shape index (κ3) is 4.66. The summed E-state index contributed by atoms with van der Waals surface area (Å²) < 4.78 is 25.5. The molecule has 1 amide bonds. The van der Waals surface area contributed by atoms with Crippen molar-refractivity contribution < 1.29 is 13.2 Å². The summed E-state index contributed by atoms with van der Waals surface area (Å²) in [6.07, 6.45) is 0.500. The Morgan fingerprint density at radius 3 is 2.73 bits per heavy atom. The van der Waals surface area contributed by atoms with Gasteiger partial charge in [-0.05, 0) is 30.2 Å². The maximum absolute atomic E-state index is 12.7. The number of benzene rings is 2. The van der Waals surface area contributed by atoms with Gasteiger partial charge in [0.05, 0.1) is 34.8 Å². The summed E-state index contributed by atoms with van der Waals surface area (Å²) in [4.78, 5) is 19.0. The van der Waals surface area contributed by atoms with Gasteiger partial charge in [-0.25, -0.2) is 13.4 Å². The molecule has 2 heterocycles. The molecular formula is C21H22ClN3O3S2. The Hall–Kier alpha value is -2.03. The fourth-order valence-corrected chi connectivity index (χ4v) is 6.50. The Morgan fingerprint density at radius 1 is 1.27 bits per heavy atom. The highest BCUT2D eigenvalue weighted by Crippen LogP contribution is 2.28. The van der Waals surface area contributed by atoms with E-state index in [1.54, 1.807) is 11.9 Å². The molecule has 0 aliphatic carbocycles. The highest BCUT2D eigenvalue weighted by atomic mass is 35.5. The van der Waals surface area contributed by atoms with Crippen molar-refractivity contribution >= 4 is 50.1 Å². The number of halogens is 1.